The molecule has 172 valence electrons. The van der Waals surface area contributed by atoms with E-state index in [2.05, 4.69) is 5.32 Å². The number of methoxy groups -OCH3 is 2. The molecule has 1 heterocycles. The Bertz CT molecular complexity index is 939. The molecule has 0 aromatic heterocycles. The Hall–Kier alpha value is -2.52. The van der Waals surface area contributed by atoms with Crippen LogP contribution in [0, 0.1) is 23.7 Å². The standard InChI is InChI=1S/C21H22Cl2N2O7/c1-30-9-3-4-13(31-2)12(5-9)24-14(26)8-32-15(27)7-25-20(28)16-10-6-11(17(16)21(25)29)19(23)18(10)22/h3-5,10-11,16-19H,6-8H2,1-2H3,(H,24,26)/t10-,11-,16-,17-,18-,19+/m1/s1. The topological polar surface area (TPSA) is 111 Å². The number of nitrogens with one attached hydrogen (secondary N) is 1. The number of imide groups is 1. The summed E-state index contributed by atoms with van der Waals surface area (Å²) in [5.74, 6) is -2.86. The van der Waals surface area contributed by atoms with Gasteiger partial charge >= 0.3 is 5.97 Å². The van der Waals surface area contributed by atoms with E-state index in [1.54, 1.807) is 18.2 Å². The van der Waals surface area contributed by atoms with Crippen molar-refractivity contribution < 1.29 is 33.4 Å². The molecule has 4 rings (SSSR count). The van der Waals surface area contributed by atoms with Gasteiger partial charge in [0.15, 0.2) is 6.61 Å². The molecule has 1 saturated heterocycles. The van der Waals surface area contributed by atoms with Gasteiger partial charge in [-0.25, -0.2) is 0 Å². The monoisotopic (exact) mass is 484 g/mol. The number of likely N-dealkylation sites (tertiary alicyclic amines) is 1. The number of esters is 1. The lowest BCUT2D eigenvalue weighted by Gasteiger charge is -2.28. The molecule has 2 aliphatic carbocycles. The predicted molar refractivity (Wildman–Crippen MR) is 114 cm³/mol. The molecular weight excluding hydrogens is 463 g/mol. The van der Waals surface area contributed by atoms with Crippen LogP contribution in [0.3, 0.4) is 0 Å². The Kier molecular flexibility index (Phi) is 6.22. The number of benzene rings is 1. The third kappa shape index (κ3) is 3.77. The van der Waals surface area contributed by atoms with Gasteiger partial charge in [0.25, 0.3) is 5.91 Å². The van der Waals surface area contributed by atoms with Gasteiger partial charge in [-0.15, -0.1) is 23.2 Å². The molecule has 9 nitrogen and oxygen atoms in total. The summed E-state index contributed by atoms with van der Waals surface area (Å²) < 4.78 is 15.3. The van der Waals surface area contributed by atoms with Crippen LogP contribution in [0.15, 0.2) is 18.2 Å². The van der Waals surface area contributed by atoms with Crippen molar-refractivity contribution in [3.8, 4) is 11.5 Å². The first-order valence-corrected chi connectivity index (χ1v) is 10.9. The summed E-state index contributed by atoms with van der Waals surface area (Å²) in [5, 5.41) is 1.82. The van der Waals surface area contributed by atoms with Gasteiger partial charge < -0.3 is 19.5 Å². The van der Waals surface area contributed by atoms with Crippen LogP contribution < -0.4 is 14.8 Å². The van der Waals surface area contributed by atoms with Crippen molar-refractivity contribution in [1.82, 2.24) is 4.90 Å². The van der Waals surface area contributed by atoms with Crippen LogP contribution in [-0.2, 0) is 23.9 Å². The first-order chi connectivity index (χ1) is 15.3. The summed E-state index contributed by atoms with van der Waals surface area (Å²) in [6.07, 6.45) is 0.640. The molecule has 1 aromatic carbocycles. The van der Waals surface area contributed by atoms with E-state index in [1.807, 2.05) is 0 Å². The second-order valence-electron chi connectivity index (χ2n) is 8.04. The molecule has 0 radical (unpaired) electrons. The molecule has 3 aliphatic rings. The molecule has 1 N–H and O–H groups in total. The van der Waals surface area contributed by atoms with E-state index < -0.39 is 48.7 Å². The molecule has 3 amide bonds. The quantitative estimate of drug-likeness (QED) is 0.355. The van der Waals surface area contributed by atoms with Gasteiger partial charge in [0.1, 0.15) is 18.0 Å². The molecule has 1 aromatic rings. The Balaban J connectivity index is 1.33. The van der Waals surface area contributed by atoms with Crippen LogP contribution in [-0.4, -0.2) is 66.7 Å². The zero-order valence-corrected chi connectivity index (χ0v) is 18.9. The minimum absolute atomic E-state index is 0.171. The van der Waals surface area contributed by atoms with E-state index in [0.717, 1.165) is 4.90 Å². The highest BCUT2D eigenvalue weighted by Crippen LogP contribution is 2.59. The first-order valence-electron chi connectivity index (χ1n) is 10.1. The summed E-state index contributed by atoms with van der Waals surface area (Å²) >= 11 is 12.6. The van der Waals surface area contributed by atoms with E-state index in [-0.39, 0.29) is 22.6 Å². The number of nitrogens with zero attached hydrogens (tertiary/aromatic N) is 1. The van der Waals surface area contributed by atoms with Gasteiger partial charge in [-0.2, -0.15) is 0 Å². The number of hydrogen-bond donors (Lipinski definition) is 1. The number of halogens is 2. The van der Waals surface area contributed by atoms with Crippen LogP contribution in [0.1, 0.15) is 6.42 Å². The van der Waals surface area contributed by atoms with Gasteiger partial charge in [0, 0.05) is 6.07 Å². The average molecular weight is 485 g/mol. The Labute approximate surface area is 194 Å². The molecule has 1 aliphatic heterocycles. The molecule has 0 spiro atoms. The maximum atomic E-state index is 12.8. The molecule has 0 unspecified atom stereocenters. The lowest BCUT2D eigenvalue weighted by Crippen LogP contribution is -2.38. The van der Waals surface area contributed by atoms with E-state index in [1.165, 1.54) is 14.2 Å². The fourth-order valence-electron chi connectivity index (χ4n) is 4.99. The third-order valence-corrected chi connectivity index (χ3v) is 7.73. The van der Waals surface area contributed by atoms with Crippen molar-refractivity contribution in [2.75, 3.05) is 32.7 Å². The number of amides is 3. The predicted octanol–water partition coefficient (Wildman–Crippen LogP) is 1.65. The Morgan fingerprint density at radius 1 is 1.06 bits per heavy atom. The zero-order valence-electron chi connectivity index (χ0n) is 17.4. The third-order valence-electron chi connectivity index (χ3n) is 6.41. The van der Waals surface area contributed by atoms with Crippen LogP contribution in [0.2, 0.25) is 0 Å². The second kappa shape index (κ2) is 8.78. The zero-order chi connectivity index (χ0) is 23.2. The van der Waals surface area contributed by atoms with E-state index in [9.17, 15) is 19.2 Å². The summed E-state index contributed by atoms with van der Waals surface area (Å²) in [7, 11) is 2.93. The number of hydrogen-bond acceptors (Lipinski definition) is 7. The fraction of sp³-hybridized carbons (Fsp3) is 0.524. The highest BCUT2D eigenvalue weighted by Gasteiger charge is 2.66. The highest BCUT2D eigenvalue weighted by molar-refractivity contribution is 6.31. The van der Waals surface area contributed by atoms with E-state index >= 15 is 0 Å². The fourth-order valence-corrected chi connectivity index (χ4v) is 5.88. The SMILES string of the molecule is COc1ccc(OC)c(NC(=O)COC(=O)CN2C(=O)[C@@H]3[C@H]4C[C@@H]([C@@H](Cl)[C@H]4Cl)[C@H]3C2=O)c1. The molecule has 2 saturated carbocycles. The van der Waals surface area contributed by atoms with E-state index in [4.69, 9.17) is 37.4 Å². The number of carbonyl (C=O) groups is 4. The maximum Gasteiger partial charge on any atom is 0.326 e. The van der Waals surface area contributed by atoms with Gasteiger partial charge in [0.05, 0.1) is 42.5 Å². The van der Waals surface area contributed by atoms with Crippen molar-refractivity contribution in [1.29, 1.82) is 0 Å². The van der Waals surface area contributed by atoms with E-state index in [0.29, 0.717) is 23.6 Å². The summed E-state index contributed by atoms with van der Waals surface area (Å²) in [6.45, 7) is -1.15. The number of carbonyl (C=O) groups excluding carboxylic acids is 4. The molecule has 6 atom stereocenters. The van der Waals surface area contributed by atoms with Gasteiger partial charge in [-0.05, 0) is 30.4 Å². The molecular formula is C21H22Cl2N2O7. The lowest BCUT2D eigenvalue weighted by atomic mass is 9.80. The lowest BCUT2D eigenvalue weighted by molar-refractivity contribution is -0.154. The largest absolute Gasteiger partial charge is 0.497 e. The minimum atomic E-state index is -0.864. The minimum Gasteiger partial charge on any atom is -0.497 e. The van der Waals surface area contributed by atoms with Crippen molar-refractivity contribution in [2.24, 2.45) is 23.7 Å². The summed E-state index contributed by atoms with van der Waals surface area (Å²) in [6, 6.07) is 4.84. The van der Waals surface area contributed by atoms with Gasteiger partial charge in [0.2, 0.25) is 11.8 Å². The number of ether oxygens (including phenoxy) is 3. The van der Waals surface area contributed by atoms with Gasteiger partial charge in [-0.1, -0.05) is 0 Å². The van der Waals surface area contributed by atoms with Crippen LogP contribution in [0.25, 0.3) is 0 Å². The summed E-state index contributed by atoms with van der Waals surface area (Å²) in [5.41, 5.74) is 0.340. The normalized spacial score (nSPS) is 30.3. The number of anilines is 1. The Morgan fingerprint density at radius 2 is 1.69 bits per heavy atom. The van der Waals surface area contributed by atoms with Crippen molar-refractivity contribution in [2.45, 2.75) is 17.2 Å². The molecule has 32 heavy (non-hydrogen) atoms. The van der Waals surface area contributed by atoms with Crippen molar-refractivity contribution in [3.63, 3.8) is 0 Å². The molecule has 3 fully saturated rings. The Morgan fingerprint density at radius 3 is 2.25 bits per heavy atom. The van der Waals surface area contributed by atoms with Crippen molar-refractivity contribution in [3.05, 3.63) is 18.2 Å². The van der Waals surface area contributed by atoms with Crippen LogP contribution >= 0.6 is 23.2 Å². The van der Waals surface area contributed by atoms with Crippen molar-refractivity contribution >= 4 is 52.6 Å². The number of alkyl halides is 2. The molecule has 2 bridgehead atoms. The first kappa shape index (κ1) is 22.7. The smallest absolute Gasteiger partial charge is 0.326 e. The molecule has 11 heteroatoms. The highest BCUT2D eigenvalue weighted by atomic mass is 35.5. The average Bonchev–Trinajstić information content (AvgIpc) is 3.38. The number of rotatable bonds is 7. The van der Waals surface area contributed by atoms with Crippen LogP contribution in [0.4, 0.5) is 5.69 Å². The maximum absolute atomic E-state index is 12.8. The van der Waals surface area contributed by atoms with Gasteiger partial charge in [-0.3, -0.25) is 24.1 Å². The van der Waals surface area contributed by atoms with Crippen LogP contribution in [0.5, 0.6) is 11.5 Å². The second-order valence-corrected chi connectivity index (χ2v) is 9.05. The number of fused-ring (bicyclic) bond motifs is 5. The summed E-state index contributed by atoms with van der Waals surface area (Å²) in [4.78, 5) is 50.9.